The number of ether oxygens (including phenoxy) is 1. The molecule has 1 rings (SSSR count). The monoisotopic (exact) mass is 378 g/mol. The van der Waals surface area contributed by atoms with Gasteiger partial charge >= 0.3 is 0 Å². The number of hydrogen-bond acceptors (Lipinski definition) is 4. The van der Waals surface area contributed by atoms with E-state index in [0.717, 1.165) is 30.4 Å². The number of sulfonamides is 1. The lowest BCUT2D eigenvalue weighted by atomic mass is 10.1. The Bertz CT molecular complexity index is 562. The largest absolute Gasteiger partial charge is 0.385 e. The molecule has 0 unspecified atom stereocenters. The minimum absolute atomic E-state index is 0.250. The van der Waals surface area contributed by atoms with Crippen molar-refractivity contribution in [3.63, 3.8) is 0 Å². The SMILES string of the molecule is COCCCCCNS(=O)(=O)c1cc(CN)cc(C)c1Br. The lowest BCUT2D eigenvalue weighted by molar-refractivity contribution is 0.192. The second-order valence-electron chi connectivity index (χ2n) is 4.88. The summed E-state index contributed by atoms with van der Waals surface area (Å²) in [6, 6.07) is 3.50. The van der Waals surface area contributed by atoms with Gasteiger partial charge in [-0.15, -0.1) is 0 Å². The van der Waals surface area contributed by atoms with Crippen LogP contribution in [0.25, 0.3) is 0 Å². The number of aryl methyl sites for hydroxylation is 1. The quantitative estimate of drug-likeness (QED) is 0.646. The van der Waals surface area contributed by atoms with Crippen LogP contribution in [0.4, 0.5) is 0 Å². The van der Waals surface area contributed by atoms with Gasteiger partial charge in [-0.05, 0) is 59.3 Å². The number of unbranched alkanes of at least 4 members (excludes halogenated alkanes) is 2. The maximum atomic E-state index is 12.4. The minimum atomic E-state index is -3.52. The molecule has 0 saturated heterocycles. The summed E-state index contributed by atoms with van der Waals surface area (Å²) in [5.41, 5.74) is 7.27. The highest BCUT2D eigenvalue weighted by Gasteiger charge is 2.19. The molecule has 7 heteroatoms. The summed E-state index contributed by atoms with van der Waals surface area (Å²) in [5, 5.41) is 0. The predicted molar refractivity (Wildman–Crippen MR) is 87.7 cm³/mol. The normalized spacial score (nSPS) is 11.8. The fourth-order valence-electron chi connectivity index (χ4n) is 1.96. The highest BCUT2D eigenvalue weighted by molar-refractivity contribution is 9.10. The topological polar surface area (TPSA) is 81.4 Å². The molecule has 0 aliphatic rings. The van der Waals surface area contributed by atoms with Gasteiger partial charge in [0.1, 0.15) is 0 Å². The molecule has 0 aromatic heterocycles. The fourth-order valence-corrected chi connectivity index (χ4v) is 4.10. The number of hydrogen-bond donors (Lipinski definition) is 2. The molecular weight excluding hydrogens is 356 g/mol. The van der Waals surface area contributed by atoms with Gasteiger partial charge in [-0.3, -0.25) is 0 Å². The smallest absolute Gasteiger partial charge is 0.241 e. The van der Waals surface area contributed by atoms with E-state index in [2.05, 4.69) is 20.7 Å². The van der Waals surface area contributed by atoms with Crippen molar-refractivity contribution < 1.29 is 13.2 Å². The lowest BCUT2D eigenvalue weighted by Gasteiger charge is -2.12. The Morgan fingerprint density at radius 1 is 1.29 bits per heavy atom. The third kappa shape index (κ3) is 5.67. The molecule has 0 aliphatic carbocycles. The first-order chi connectivity index (χ1) is 9.92. The minimum Gasteiger partial charge on any atom is -0.385 e. The van der Waals surface area contributed by atoms with Crippen LogP contribution in [0.3, 0.4) is 0 Å². The third-order valence-corrected chi connectivity index (χ3v) is 5.92. The number of halogens is 1. The number of nitrogens with one attached hydrogen (secondary N) is 1. The first-order valence-corrected chi connectivity index (χ1v) is 9.17. The van der Waals surface area contributed by atoms with Crippen LogP contribution in [-0.2, 0) is 21.3 Å². The summed E-state index contributed by atoms with van der Waals surface area (Å²) in [7, 11) is -1.86. The van der Waals surface area contributed by atoms with Crippen molar-refractivity contribution in [3.8, 4) is 0 Å². The van der Waals surface area contributed by atoms with E-state index in [1.165, 1.54) is 0 Å². The van der Waals surface area contributed by atoms with Crippen LogP contribution < -0.4 is 10.5 Å². The van der Waals surface area contributed by atoms with Crippen LogP contribution in [-0.4, -0.2) is 28.7 Å². The van der Waals surface area contributed by atoms with Crippen molar-refractivity contribution >= 4 is 26.0 Å². The van der Waals surface area contributed by atoms with E-state index in [9.17, 15) is 8.42 Å². The van der Waals surface area contributed by atoms with Crippen LogP contribution in [0.5, 0.6) is 0 Å². The fraction of sp³-hybridized carbons (Fsp3) is 0.571. The van der Waals surface area contributed by atoms with E-state index in [0.29, 0.717) is 24.2 Å². The zero-order valence-corrected chi connectivity index (χ0v) is 14.9. The zero-order valence-electron chi connectivity index (χ0n) is 12.5. The summed E-state index contributed by atoms with van der Waals surface area (Å²) in [6.45, 7) is 3.29. The zero-order chi connectivity index (χ0) is 15.9. The van der Waals surface area contributed by atoms with Crippen LogP contribution in [0.1, 0.15) is 30.4 Å². The Morgan fingerprint density at radius 2 is 2.00 bits per heavy atom. The van der Waals surface area contributed by atoms with Crippen molar-refractivity contribution in [3.05, 3.63) is 27.7 Å². The van der Waals surface area contributed by atoms with Gasteiger partial charge in [0.25, 0.3) is 0 Å². The standard InChI is InChI=1S/C14H23BrN2O3S/c1-11-8-12(10-16)9-13(14(11)15)21(18,19)17-6-4-3-5-7-20-2/h8-9,17H,3-7,10,16H2,1-2H3. The van der Waals surface area contributed by atoms with E-state index in [-0.39, 0.29) is 4.90 Å². The van der Waals surface area contributed by atoms with Gasteiger partial charge in [0.2, 0.25) is 10.0 Å². The molecule has 1 aromatic rings. The summed E-state index contributed by atoms with van der Waals surface area (Å²) in [6.07, 6.45) is 2.65. The Kier molecular flexibility index (Phi) is 7.83. The summed E-state index contributed by atoms with van der Waals surface area (Å²) in [5.74, 6) is 0. The highest BCUT2D eigenvalue weighted by atomic mass is 79.9. The highest BCUT2D eigenvalue weighted by Crippen LogP contribution is 2.27. The molecule has 0 amide bonds. The van der Waals surface area contributed by atoms with Crippen molar-refractivity contribution in [2.75, 3.05) is 20.3 Å². The number of methoxy groups -OCH3 is 1. The van der Waals surface area contributed by atoms with Gasteiger partial charge in [-0.1, -0.05) is 6.07 Å². The maximum Gasteiger partial charge on any atom is 0.241 e. The van der Waals surface area contributed by atoms with Gasteiger partial charge in [-0.2, -0.15) is 0 Å². The van der Waals surface area contributed by atoms with Gasteiger partial charge in [0.05, 0.1) is 4.90 Å². The average molecular weight is 379 g/mol. The molecule has 0 spiro atoms. The molecule has 0 fully saturated rings. The molecule has 0 aliphatic heterocycles. The van der Waals surface area contributed by atoms with Crippen LogP contribution in [0.2, 0.25) is 0 Å². The van der Waals surface area contributed by atoms with E-state index < -0.39 is 10.0 Å². The molecule has 0 atom stereocenters. The molecule has 3 N–H and O–H groups in total. The molecule has 120 valence electrons. The Balaban J connectivity index is 2.72. The summed E-state index contributed by atoms with van der Waals surface area (Å²) < 4.78 is 32.9. The Hall–Kier alpha value is -0.470. The summed E-state index contributed by atoms with van der Waals surface area (Å²) >= 11 is 3.35. The first kappa shape index (κ1) is 18.6. The van der Waals surface area contributed by atoms with Gasteiger partial charge < -0.3 is 10.5 Å². The van der Waals surface area contributed by atoms with Crippen molar-refractivity contribution in [1.82, 2.24) is 4.72 Å². The van der Waals surface area contributed by atoms with Crippen LogP contribution in [0, 0.1) is 6.92 Å². The molecule has 0 bridgehead atoms. The van der Waals surface area contributed by atoms with Crippen LogP contribution >= 0.6 is 15.9 Å². The molecular formula is C14H23BrN2O3S. The van der Waals surface area contributed by atoms with E-state index >= 15 is 0 Å². The second kappa shape index (κ2) is 8.85. The summed E-state index contributed by atoms with van der Waals surface area (Å²) in [4.78, 5) is 0.250. The van der Waals surface area contributed by atoms with Crippen LogP contribution in [0.15, 0.2) is 21.5 Å². The number of rotatable bonds is 9. The van der Waals surface area contributed by atoms with Gasteiger partial charge in [-0.25, -0.2) is 13.1 Å². The van der Waals surface area contributed by atoms with Crippen molar-refractivity contribution in [2.45, 2.75) is 37.6 Å². The van der Waals surface area contributed by atoms with E-state index in [4.69, 9.17) is 10.5 Å². The first-order valence-electron chi connectivity index (χ1n) is 6.90. The van der Waals surface area contributed by atoms with E-state index in [1.807, 2.05) is 13.0 Å². The second-order valence-corrected chi connectivity index (χ2v) is 7.41. The average Bonchev–Trinajstić information content (AvgIpc) is 2.45. The van der Waals surface area contributed by atoms with Gasteiger partial charge in [0, 0.05) is 31.3 Å². The van der Waals surface area contributed by atoms with E-state index in [1.54, 1.807) is 13.2 Å². The predicted octanol–water partition coefficient (Wildman–Crippen LogP) is 2.31. The number of nitrogens with two attached hydrogens (primary N) is 1. The molecule has 0 heterocycles. The molecule has 1 aromatic carbocycles. The van der Waals surface area contributed by atoms with Gasteiger partial charge in [0.15, 0.2) is 0 Å². The Morgan fingerprint density at radius 3 is 2.62 bits per heavy atom. The molecule has 0 saturated carbocycles. The Labute approximate surface area is 135 Å². The van der Waals surface area contributed by atoms with Crippen molar-refractivity contribution in [2.24, 2.45) is 5.73 Å². The number of benzene rings is 1. The maximum absolute atomic E-state index is 12.4. The lowest BCUT2D eigenvalue weighted by Crippen LogP contribution is -2.25. The van der Waals surface area contributed by atoms with Crippen molar-refractivity contribution in [1.29, 1.82) is 0 Å². The molecule has 0 radical (unpaired) electrons. The third-order valence-electron chi connectivity index (χ3n) is 3.12. The molecule has 21 heavy (non-hydrogen) atoms. The molecule has 5 nitrogen and oxygen atoms in total.